The highest BCUT2D eigenvalue weighted by molar-refractivity contribution is 5.91. The molecule has 1 rings (SSSR count). The largest absolute Gasteiger partial charge is 0.454 e. The standard InChI is InChI=1S/C13H18O3/c1-9(2)7-12-8-11(13(15)16-12)6-4-5-10(3)14/h6-7,12H,4-5,8H2,1-3H3/t12-/m1/s1. The summed E-state index contributed by atoms with van der Waals surface area (Å²) in [5, 5.41) is 0. The Labute approximate surface area is 96.2 Å². The van der Waals surface area contributed by atoms with Crippen LogP contribution in [0.4, 0.5) is 0 Å². The highest BCUT2D eigenvalue weighted by Crippen LogP contribution is 2.22. The van der Waals surface area contributed by atoms with Crippen molar-refractivity contribution in [2.45, 2.75) is 46.1 Å². The zero-order chi connectivity index (χ0) is 12.1. The number of hydrogen-bond donors (Lipinski definition) is 0. The molecule has 0 bridgehead atoms. The predicted octanol–water partition coefficient (Wildman–Crippen LogP) is 2.56. The number of cyclic esters (lactones) is 1. The molecule has 3 heteroatoms. The number of ketones is 1. The number of carbonyl (C=O) groups excluding carboxylic acids is 2. The molecule has 0 amide bonds. The van der Waals surface area contributed by atoms with Gasteiger partial charge in [-0.05, 0) is 33.3 Å². The number of Topliss-reactive ketones (excluding diaryl/α,β-unsaturated/α-hetero) is 1. The van der Waals surface area contributed by atoms with E-state index in [1.54, 1.807) is 6.92 Å². The van der Waals surface area contributed by atoms with E-state index in [-0.39, 0.29) is 17.9 Å². The molecule has 1 fully saturated rings. The van der Waals surface area contributed by atoms with Crippen molar-refractivity contribution in [1.29, 1.82) is 0 Å². The molecule has 0 unspecified atom stereocenters. The van der Waals surface area contributed by atoms with E-state index in [0.717, 1.165) is 5.57 Å². The van der Waals surface area contributed by atoms with Gasteiger partial charge in [0.15, 0.2) is 0 Å². The fraction of sp³-hybridized carbons (Fsp3) is 0.538. The summed E-state index contributed by atoms with van der Waals surface area (Å²) in [5.74, 6) is -0.102. The molecule has 0 aliphatic carbocycles. The first-order valence-corrected chi connectivity index (χ1v) is 5.53. The lowest BCUT2D eigenvalue weighted by Gasteiger charge is -2.01. The highest BCUT2D eigenvalue weighted by atomic mass is 16.5. The SMILES string of the molecule is CC(=O)CCC=C1C[C@@H](C=C(C)C)OC1=O. The van der Waals surface area contributed by atoms with E-state index in [0.29, 0.717) is 24.8 Å². The normalized spacial score (nSPS) is 22.1. The number of rotatable bonds is 4. The second kappa shape index (κ2) is 5.64. The van der Waals surface area contributed by atoms with Crippen LogP contribution < -0.4 is 0 Å². The van der Waals surface area contributed by atoms with Gasteiger partial charge in [-0.15, -0.1) is 0 Å². The molecule has 1 heterocycles. The molecule has 16 heavy (non-hydrogen) atoms. The second-order valence-electron chi connectivity index (χ2n) is 4.36. The molecule has 1 saturated heterocycles. The minimum atomic E-state index is -0.244. The van der Waals surface area contributed by atoms with E-state index >= 15 is 0 Å². The maximum atomic E-state index is 11.4. The Bertz CT molecular complexity index is 346. The van der Waals surface area contributed by atoms with Crippen molar-refractivity contribution in [3.05, 3.63) is 23.3 Å². The first kappa shape index (κ1) is 12.7. The van der Waals surface area contributed by atoms with Gasteiger partial charge < -0.3 is 9.53 Å². The molecule has 0 saturated carbocycles. The maximum absolute atomic E-state index is 11.4. The third-order valence-electron chi connectivity index (χ3n) is 2.35. The van der Waals surface area contributed by atoms with Gasteiger partial charge in [0.2, 0.25) is 0 Å². The summed E-state index contributed by atoms with van der Waals surface area (Å²) >= 11 is 0. The Hall–Kier alpha value is -1.38. The monoisotopic (exact) mass is 222 g/mol. The van der Waals surface area contributed by atoms with Crippen LogP contribution in [0.3, 0.4) is 0 Å². The molecule has 1 aliphatic rings. The molecular weight excluding hydrogens is 204 g/mol. The van der Waals surface area contributed by atoms with Crippen LogP contribution in [0.15, 0.2) is 23.3 Å². The molecule has 0 aromatic heterocycles. The average molecular weight is 222 g/mol. The van der Waals surface area contributed by atoms with Crippen LogP contribution in [0.1, 0.15) is 40.0 Å². The van der Waals surface area contributed by atoms with Gasteiger partial charge in [0.1, 0.15) is 11.9 Å². The smallest absolute Gasteiger partial charge is 0.334 e. The maximum Gasteiger partial charge on any atom is 0.334 e. The van der Waals surface area contributed by atoms with Crippen molar-refractivity contribution >= 4 is 11.8 Å². The summed E-state index contributed by atoms with van der Waals surface area (Å²) in [5.41, 5.74) is 1.84. The lowest BCUT2D eigenvalue weighted by molar-refractivity contribution is -0.137. The van der Waals surface area contributed by atoms with E-state index in [4.69, 9.17) is 4.74 Å². The summed E-state index contributed by atoms with van der Waals surface area (Å²) in [6.45, 7) is 5.51. The Balaban J connectivity index is 2.54. The topological polar surface area (TPSA) is 43.4 Å². The molecular formula is C13H18O3. The van der Waals surface area contributed by atoms with Crippen LogP contribution in [-0.2, 0) is 14.3 Å². The van der Waals surface area contributed by atoms with E-state index in [1.807, 2.05) is 26.0 Å². The number of carbonyl (C=O) groups is 2. The zero-order valence-electron chi connectivity index (χ0n) is 10.1. The van der Waals surface area contributed by atoms with Gasteiger partial charge in [-0.25, -0.2) is 4.79 Å². The minimum Gasteiger partial charge on any atom is -0.454 e. The Morgan fingerprint density at radius 1 is 1.44 bits per heavy atom. The molecule has 0 radical (unpaired) electrons. The van der Waals surface area contributed by atoms with Crippen molar-refractivity contribution in [3.8, 4) is 0 Å². The molecule has 0 spiro atoms. The lowest BCUT2D eigenvalue weighted by Crippen LogP contribution is -2.02. The van der Waals surface area contributed by atoms with Crippen LogP contribution in [0.2, 0.25) is 0 Å². The minimum absolute atomic E-state index is 0.124. The van der Waals surface area contributed by atoms with Gasteiger partial charge in [-0.3, -0.25) is 0 Å². The summed E-state index contributed by atoms with van der Waals surface area (Å²) < 4.78 is 5.17. The van der Waals surface area contributed by atoms with E-state index < -0.39 is 0 Å². The van der Waals surface area contributed by atoms with Gasteiger partial charge in [0.25, 0.3) is 0 Å². The van der Waals surface area contributed by atoms with Crippen LogP contribution in [0.5, 0.6) is 0 Å². The molecule has 1 aliphatic heterocycles. The summed E-state index contributed by atoms with van der Waals surface area (Å²) in [6, 6.07) is 0. The van der Waals surface area contributed by atoms with Gasteiger partial charge >= 0.3 is 5.97 Å². The summed E-state index contributed by atoms with van der Waals surface area (Å²) in [4.78, 5) is 22.2. The van der Waals surface area contributed by atoms with Crippen LogP contribution in [0.25, 0.3) is 0 Å². The second-order valence-corrected chi connectivity index (χ2v) is 4.36. The van der Waals surface area contributed by atoms with Gasteiger partial charge in [0.05, 0.1) is 0 Å². The third kappa shape index (κ3) is 4.01. The third-order valence-corrected chi connectivity index (χ3v) is 2.35. The van der Waals surface area contributed by atoms with E-state index in [9.17, 15) is 9.59 Å². The molecule has 0 aromatic rings. The Kier molecular flexibility index (Phi) is 4.47. The van der Waals surface area contributed by atoms with Gasteiger partial charge in [-0.1, -0.05) is 11.6 Å². The zero-order valence-corrected chi connectivity index (χ0v) is 10.1. The number of ether oxygens (including phenoxy) is 1. The van der Waals surface area contributed by atoms with Crippen molar-refractivity contribution in [1.82, 2.24) is 0 Å². The first-order valence-electron chi connectivity index (χ1n) is 5.53. The van der Waals surface area contributed by atoms with E-state index in [2.05, 4.69) is 0 Å². The molecule has 0 aromatic carbocycles. The molecule has 0 N–H and O–H groups in total. The van der Waals surface area contributed by atoms with Crippen LogP contribution in [0, 0.1) is 0 Å². The molecule has 88 valence electrons. The van der Waals surface area contributed by atoms with Gasteiger partial charge in [0, 0.05) is 18.4 Å². The fourth-order valence-corrected chi connectivity index (χ4v) is 1.64. The number of hydrogen-bond acceptors (Lipinski definition) is 3. The van der Waals surface area contributed by atoms with E-state index in [1.165, 1.54) is 0 Å². The Morgan fingerprint density at radius 2 is 2.12 bits per heavy atom. The Morgan fingerprint density at radius 3 is 2.69 bits per heavy atom. The van der Waals surface area contributed by atoms with Crippen LogP contribution in [-0.4, -0.2) is 17.9 Å². The van der Waals surface area contributed by atoms with Crippen molar-refractivity contribution in [2.24, 2.45) is 0 Å². The average Bonchev–Trinajstić information content (AvgIpc) is 2.45. The lowest BCUT2D eigenvalue weighted by atomic mass is 10.1. The van der Waals surface area contributed by atoms with Crippen molar-refractivity contribution < 1.29 is 14.3 Å². The molecule has 3 nitrogen and oxygen atoms in total. The predicted molar refractivity (Wildman–Crippen MR) is 61.9 cm³/mol. The van der Waals surface area contributed by atoms with Crippen LogP contribution >= 0.6 is 0 Å². The summed E-state index contributed by atoms with van der Waals surface area (Å²) in [6.07, 6.45) is 5.39. The molecule has 1 atom stereocenters. The van der Waals surface area contributed by atoms with Gasteiger partial charge in [-0.2, -0.15) is 0 Å². The quantitative estimate of drug-likeness (QED) is 0.417. The summed E-state index contributed by atoms with van der Waals surface area (Å²) in [7, 11) is 0. The number of allylic oxidation sites excluding steroid dienone is 2. The number of esters is 1. The van der Waals surface area contributed by atoms with Crippen molar-refractivity contribution in [2.75, 3.05) is 0 Å². The van der Waals surface area contributed by atoms with Crippen molar-refractivity contribution in [3.63, 3.8) is 0 Å². The fourth-order valence-electron chi connectivity index (χ4n) is 1.64. The first-order chi connectivity index (χ1) is 7.49. The highest BCUT2D eigenvalue weighted by Gasteiger charge is 2.26.